The van der Waals surface area contributed by atoms with Crippen LogP contribution in [0.15, 0.2) is 83.3 Å². The Morgan fingerprint density at radius 2 is 1.72 bits per heavy atom. The van der Waals surface area contributed by atoms with E-state index in [4.69, 9.17) is 14.8 Å². The second kappa shape index (κ2) is 11.4. The van der Waals surface area contributed by atoms with Gasteiger partial charge in [0.1, 0.15) is 30.3 Å². The summed E-state index contributed by atoms with van der Waals surface area (Å²) in [7, 11) is 0. The predicted octanol–water partition coefficient (Wildman–Crippen LogP) is 5.66. The molecule has 3 atom stereocenters. The summed E-state index contributed by atoms with van der Waals surface area (Å²) in [5.41, 5.74) is 4.17. The number of imidazole rings is 1. The van der Waals surface area contributed by atoms with Gasteiger partial charge in [0, 0.05) is 21.6 Å². The van der Waals surface area contributed by atoms with Crippen LogP contribution in [0, 0.1) is 6.92 Å². The van der Waals surface area contributed by atoms with Gasteiger partial charge in [0.25, 0.3) is 5.91 Å². The Morgan fingerprint density at radius 3 is 2.38 bits per heavy atom. The molecule has 1 saturated heterocycles. The van der Waals surface area contributed by atoms with Crippen LogP contribution in [-0.2, 0) is 4.79 Å². The van der Waals surface area contributed by atoms with Crippen LogP contribution in [-0.4, -0.2) is 45.1 Å². The molecular weight excluding hydrogens is 560 g/mol. The number of benzene rings is 3. The van der Waals surface area contributed by atoms with Crippen molar-refractivity contribution in [1.82, 2.24) is 20.2 Å². The quantitative estimate of drug-likeness (QED) is 0.219. The Morgan fingerprint density at radius 1 is 1.03 bits per heavy atom. The molecular formula is C30H29BrN4O4. The zero-order valence-electron chi connectivity index (χ0n) is 21.6. The highest BCUT2D eigenvalue weighted by Crippen LogP contribution is 2.40. The summed E-state index contributed by atoms with van der Waals surface area (Å²) in [6.45, 7) is 4.02. The minimum Gasteiger partial charge on any atom is -0.491 e. The maximum Gasteiger partial charge on any atom is 0.325 e. The van der Waals surface area contributed by atoms with Gasteiger partial charge >= 0.3 is 6.03 Å². The van der Waals surface area contributed by atoms with Crippen LogP contribution < -0.4 is 10.1 Å². The molecule has 3 amide bonds. The summed E-state index contributed by atoms with van der Waals surface area (Å²) in [5.74, 6) is 0.524. The number of amides is 3. The van der Waals surface area contributed by atoms with Gasteiger partial charge in [-0.15, -0.1) is 0 Å². The third-order valence-electron chi connectivity index (χ3n) is 6.92. The Labute approximate surface area is 235 Å². The van der Waals surface area contributed by atoms with Gasteiger partial charge in [-0.05, 0) is 42.3 Å². The number of rotatable bonds is 9. The fourth-order valence-corrected chi connectivity index (χ4v) is 5.20. The first-order valence-corrected chi connectivity index (χ1v) is 13.5. The lowest BCUT2D eigenvalue weighted by atomic mass is 9.91. The molecule has 0 saturated carbocycles. The third kappa shape index (κ3) is 5.46. The smallest absolute Gasteiger partial charge is 0.325 e. The topological polar surface area (TPSA) is 108 Å². The Balaban J connectivity index is 1.51. The number of carbonyl (C=O) groups excluding carboxylic acids is 2. The standard InChI is InChI=1S/C30H29BrN4O4/c1-18(20-6-4-3-5-7-20)27(28-32-19(2)25(33-28)21-8-12-23(31)13-9-21)35-29(37)26(34-30(35)38)22-10-14-24(15-11-22)39-17-16-36/h3-15,18,26-27,36H,16-17H2,1-2H3,(H,32,33)(H,34,38)/t18-,26+,27-/m0/s1. The zero-order chi connectivity index (χ0) is 27.5. The van der Waals surface area contributed by atoms with Crippen LogP contribution in [0.25, 0.3) is 11.3 Å². The van der Waals surface area contributed by atoms with Crippen molar-refractivity contribution in [1.29, 1.82) is 0 Å². The summed E-state index contributed by atoms with van der Waals surface area (Å²) in [4.78, 5) is 36.9. The summed E-state index contributed by atoms with van der Waals surface area (Å²) in [6, 6.07) is 22.6. The van der Waals surface area contributed by atoms with Gasteiger partial charge in [-0.1, -0.05) is 77.5 Å². The van der Waals surface area contributed by atoms with E-state index in [2.05, 4.69) is 26.2 Å². The third-order valence-corrected chi connectivity index (χ3v) is 7.45. The van der Waals surface area contributed by atoms with Gasteiger partial charge < -0.3 is 20.1 Å². The molecule has 1 fully saturated rings. The highest BCUT2D eigenvalue weighted by atomic mass is 79.9. The van der Waals surface area contributed by atoms with Gasteiger partial charge in [0.05, 0.1) is 12.3 Å². The fraction of sp³-hybridized carbons (Fsp3) is 0.233. The first kappa shape index (κ1) is 26.6. The van der Waals surface area contributed by atoms with Gasteiger partial charge in [-0.3, -0.25) is 9.69 Å². The Hall–Kier alpha value is -3.95. The highest BCUT2D eigenvalue weighted by Gasteiger charge is 2.46. The maximum atomic E-state index is 13.9. The maximum absolute atomic E-state index is 13.9. The molecule has 4 aromatic rings. The van der Waals surface area contributed by atoms with E-state index in [1.165, 1.54) is 4.90 Å². The van der Waals surface area contributed by atoms with Crippen LogP contribution >= 0.6 is 15.9 Å². The minimum atomic E-state index is -0.836. The van der Waals surface area contributed by atoms with Crippen molar-refractivity contribution in [2.75, 3.05) is 13.2 Å². The van der Waals surface area contributed by atoms with Gasteiger partial charge in [0.2, 0.25) is 0 Å². The van der Waals surface area contributed by atoms with E-state index in [1.807, 2.05) is 68.4 Å². The van der Waals surface area contributed by atoms with E-state index in [-0.39, 0.29) is 25.0 Å². The van der Waals surface area contributed by atoms with Crippen molar-refractivity contribution >= 4 is 27.9 Å². The van der Waals surface area contributed by atoms with Gasteiger partial charge in [-0.25, -0.2) is 9.78 Å². The number of nitrogens with one attached hydrogen (secondary N) is 2. The Bertz CT molecular complexity index is 1450. The number of urea groups is 1. The van der Waals surface area contributed by atoms with Crippen molar-refractivity contribution in [3.8, 4) is 17.0 Å². The highest BCUT2D eigenvalue weighted by molar-refractivity contribution is 9.10. The number of aromatic amines is 1. The normalized spacial score (nSPS) is 16.7. The average molecular weight is 589 g/mol. The monoisotopic (exact) mass is 588 g/mol. The molecule has 1 aliphatic heterocycles. The summed E-state index contributed by atoms with van der Waals surface area (Å²) in [5, 5.41) is 11.8. The number of aromatic nitrogens is 2. The molecule has 0 spiro atoms. The number of H-pyrrole nitrogens is 1. The fourth-order valence-electron chi connectivity index (χ4n) is 4.94. The van der Waals surface area contributed by atoms with Crippen molar-refractivity contribution in [2.24, 2.45) is 0 Å². The SMILES string of the molecule is Cc1[nH]c([C@H]([C@@H](C)c2ccccc2)N2C(=O)N[C@H](c3ccc(OCCO)cc3)C2=O)nc1-c1ccc(Br)cc1. The molecule has 200 valence electrons. The number of hydrogen-bond donors (Lipinski definition) is 3. The molecule has 1 aromatic heterocycles. The van der Waals surface area contributed by atoms with Crippen molar-refractivity contribution in [2.45, 2.75) is 31.8 Å². The number of imide groups is 1. The molecule has 0 aliphatic carbocycles. The van der Waals surface area contributed by atoms with E-state index in [0.717, 1.165) is 27.0 Å². The molecule has 2 heterocycles. The van der Waals surface area contributed by atoms with Crippen molar-refractivity contribution < 1.29 is 19.4 Å². The number of carbonyl (C=O) groups is 2. The van der Waals surface area contributed by atoms with Crippen LogP contribution in [0.2, 0.25) is 0 Å². The molecule has 0 radical (unpaired) electrons. The molecule has 3 aromatic carbocycles. The molecule has 0 bridgehead atoms. The first-order chi connectivity index (χ1) is 18.9. The molecule has 0 unspecified atom stereocenters. The number of halogens is 1. The molecule has 5 rings (SSSR count). The lowest BCUT2D eigenvalue weighted by Gasteiger charge is -2.29. The van der Waals surface area contributed by atoms with E-state index < -0.39 is 18.1 Å². The van der Waals surface area contributed by atoms with Gasteiger partial charge in [0.15, 0.2) is 0 Å². The number of ether oxygens (including phenoxy) is 1. The minimum absolute atomic E-state index is 0.0926. The van der Waals surface area contributed by atoms with E-state index in [1.54, 1.807) is 24.3 Å². The predicted molar refractivity (Wildman–Crippen MR) is 151 cm³/mol. The van der Waals surface area contributed by atoms with E-state index in [0.29, 0.717) is 17.1 Å². The number of aliphatic hydroxyl groups excluding tert-OH is 1. The molecule has 8 nitrogen and oxygen atoms in total. The van der Waals surface area contributed by atoms with Crippen molar-refractivity contribution in [3.05, 3.63) is 106 Å². The number of aryl methyl sites for hydroxylation is 1. The largest absolute Gasteiger partial charge is 0.491 e. The molecule has 1 aliphatic rings. The van der Waals surface area contributed by atoms with Crippen LogP contribution in [0.1, 0.15) is 47.6 Å². The van der Waals surface area contributed by atoms with Crippen LogP contribution in [0.4, 0.5) is 4.79 Å². The average Bonchev–Trinajstić information content (AvgIpc) is 3.48. The summed E-state index contributed by atoms with van der Waals surface area (Å²) < 4.78 is 6.39. The molecule has 3 N–H and O–H groups in total. The number of nitrogens with zero attached hydrogens (tertiary/aromatic N) is 2. The zero-order valence-corrected chi connectivity index (χ0v) is 23.2. The summed E-state index contributed by atoms with van der Waals surface area (Å²) >= 11 is 3.47. The molecule has 39 heavy (non-hydrogen) atoms. The number of hydrogen-bond acceptors (Lipinski definition) is 5. The lowest BCUT2D eigenvalue weighted by Crippen LogP contribution is -2.38. The lowest BCUT2D eigenvalue weighted by molar-refractivity contribution is -0.129. The summed E-state index contributed by atoms with van der Waals surface area (Å²) in [6.07, 6.45) is 0. The van der Waals surface area contributed by atoms with Crippen LogP contribution in [0.3, 0.4) is 0 Å². The Kier molecular flexibility index (Phi) is 7.81. The van der Waals surface area contributed by atoms with Gasteiger partial charge in [-0.2, -0.15) is 0 Å². The first-order valence-electron chi connectivity index (χ1n) is 12.7. The van der Waals surface area contributed by atoms with E-state index >= 15 is 0 Å². The second-order valence-electron chi connectivity index (χ2n) is 9.48. The van der Waals surface area contributed by atoms with Crippen molar-refractivity contribution in [3.63, 3.8) is 0 Å². The second-order valence-corrected chi connectivity index (χ2v) is 10.4. The molecule has 9 heteroatoms. The number of aliphatic hydroxyl groups is 1. The van der Waals surface area contributed by atoms with Crippen LogP contribution in [0.5, 0.6) is 5.75 Å². The van der Waals surface area contributed by atoms with E-state index in [9.17, 15) is 9.59 Å².